The summed E-state index contributed by atoms with van der Waals surface area (Å²) in [4.78, 5) is 12.9. The molecule has 0 saturated heterocycles. The Labute approximate surface area is 140 Å². The van der Waals surface area contributed by atoms with Gasteiger partial charge in [-0.2, -0.15) is 0 Å². The van der Waals surface area contributed by atoms with Crippen LogP contribution in [0.2, 0.25) is 0 Å². The Morgan fingerprint density at radius 1 is 1.39 bits per heavy atom. The molecule has 0 bridgehead atoms. The third-order valence-corrected chi connectivity index (χ3v) is 5.15. The molecule has 1 saturated carbocycles. The second-order valence-electron chi connectivity index (χ2n) is 6.06. The van der Waals surface area contributed by atoms with E-state index in [1.165, 1.54) is 11.3 Å². The van der Waals surface area contributed by atoms with Crippen molar-refractivity contribution >= 4 is 17.2 Å². The zero-order valence-electron chi connectivity index (χ0n) is 13.1. The van der Waals surface area contributed by atoms with Gasteiger partial charge in [-0.1, -0.05) is 18.2 Å². The van der Waals surface area contributed by atoms with Gasteiger partial charge in [0.15, 0.2) is 6.61 Å². The van der Waals surface area contributed by atoms with Gasteiger partial charge in [-0.15, -0.1) is 11.3 Å². The molecule has 1 aliphatic carbocycles. The second-order valence-corrected chi connectivity index (χ2v) is 7.01. The fraction of sp³-hybridized carbons (Fsp3) is 0.389. The molecule has 1 heterocycles. The number of aliphatic hydroxyl groups is 1. The maximum atomic E-state index is 12.0. The van der Waals surface area contributed by atoms with Gasteiger partial charge in [0.1, 0.15) is 11.4 Å². The molecule has 2 aromatic rings. The van der Waals surface area contributed by atoms with Crippen molar-refractivity contribution in [2.45, 2.75) is 25.4 Å². The van der Waals surface area contributed by atoms with Crippen molar-refractivity contribution in [3.05, 3.63) is 52.2 Å². The highest BCUT2D eigenvalue weighted by molar-refractivity contribution is 7.10. The van der Waals surface area contributed by atoms with E-state index < -0.39 is 5.60 Å². The summed E-state index contributed by atoms with van der Waals surface area (Å²) in [5, 5.41) is 15.7. The van der Waals surface area contributed by atoms with Crippen molar-refractivity contribution in [2.24, 2.45) is 5.92 Å². The predicted octanol–water partition coefficient (Wildman–Crippen LogP) is 2.85. The molecular weight excluding hydrogens is 310 g/mol. The summed E-state index contributed by atoms with van der Waals surface area (Å²) in [6.45, 7) is 2.16. The largest absolute Gasteiger partial charge is 0.484 e. The molecule has 1 aliphatic rings. The highest BCUT2D eigenvalue weighted by Crippen LogP contribution is 2.46. The van der Waals surface area contributed by atoms with Gasteiger partial charge in [0.2, 0.25) is 0 Å². The molecular formula is C18H21NO3S. The fourth-order valence-corrected chi connectivity index (χ4v) is 3.56. The lowest BCUT2D eigenvalue weighted by molar-refractivity contribution is -0.124. The van der Waals surface area contributed by atoms with E-state index in [0.29, 0.717) is 5.75 Å². The molecule has 1 fully saturated rings. The second kappa shape index (κ2) is 6.72. The van der Waals surface area contributed by atoms with Crippen LogP contribution >= 0.6 is 11.3 Å². The first kappa shape index (κ1) is 16.0. The minimum Gasteiger partial charge on any atom is -0.484 e. The van der Waals surface area contributed by atoms with E-state index in [1.54, 1.807) is 0 Å². The number of carbonyl (C=O) groups excluding carboxylic acids is 1. The van der Waals surface area contributed by atoms with E-state index in [1.807, 2.05) is 48.7 Å². The van der Waals surface area contributed by atoms with E-state index in [2.05, 4.69) is 5.32 Å². The zero-order chi connectivity index (χ0) is 16.3. The molecule has 4 nitrogen and oxygen atoms in total. The molecule has 1 unspecified atom stereocenters. The first-order valence-corrected chi connectivity index (χ1v) is 8.68. The number of nitrogens with one attached hydrogen (secondary N) is 1. The molecule has 0 aliphatic heterocycles. The Balaban J connectivity index is 1.53. The highest BCUT2D eigenvalue weighted by Gasteiger charge is 2.45. The maximum Gasteiger partial charge on any atom is 0.258 e. The Hall–Kier alpha value is -1.85. The van der Waals surface area contributed by atoms with Crippen LogP contribution in [0.25, 0.3) is 0 Å². The van der Waals surface area contributed by atoms with E-state index in [0.717, 1.165) is 23.3 Å². The lowest BCUT2D eigenvalue weighted by atomic mass is 9.95. The van der Waals surface area contributed by atoms with Gasteiger partial charge in [0.25, 0.3) is 5.91 Å². The molecule has 0 radical (unpaired) electrons. The van der Waals surface area contributed by atoms with E-state index in [4.69, 9.17) is 4.74 Å². The van der Waals surface area contributed by atoms with Crippen molar-refractivity contribution in [1.29, 1.82) is 0 Å². The number of amides is 1. The number of benzene rings is 1. The molecule has 3 rings (SSSR count). The van der Waals surface area contributed by atoms with Gasteiger partial charge in [-0.25, -0.2) is 0 Å². The summed E-state index contributed by atoms with van der Waals surface area (Å²) >= 11 is 1.53. The van der Waals surface area contributed by atoms with Crippen molar-refractivity contribution in [3.8, 4) is 5.75 Å². The lowest BCUT2D eigenvalue weighted by Gasteiger charge is -2.27. The Kier molecular flexibility index (Phi) is 4.68. The van der Waals surface area contributed by atoms with Crippen molar-refractivity contribution in [2.75, 3.05) is 13.2 Å². The molecule has 1 aromatic carbocycles. The average molecular weight is 331 g/mol. The van der Waals surface area contributed by atoms with Gasteiger partial charge >= 0.3 is 0 Å². The fourth-order valence-electron chi connectivity index (χ4n) is 2.66. The predicted molar refractivity (Wildman–Crippen MR) is 90.6 cm³/mol. The molecule has 5 heteroatoms. The monoisotopic (exact) mass is 331 g/mol. The summed E-state index contributed by atoms with van der Waals surface area (Å²) in [7, 11) is 0. The third kappa shape index (κ3) is 3.92. The topological polar surface area (TPSA) is 58.6 Å². The Morgan fingerprint density at radius 2 is 2.22 bits per heavy atom. The summed E-state index contributed by atoms with van der Waals surface area (Å²) in [5.74, 6) is 0.692. The number of thiophene rings is 1. The van der Waals surface area contributed by atoms with Crippen molar-refractivity contribution in [3.63, 3.8) is 0 Å². The van der Waals surface area contributed by atoms with Crippen LogP contribution in [0.1, 0.15) is 23.3 Å². The average Bonchev–Trinajstić information content (AvgIpc) is 3.26. The van der Waals surface area contributed by atoms with Gasteiger partial charge in [-0.3, -0.25) is 4.79 Å². The number of ether oxygens (including phenoxy) is 1. The third-order valence-electron chi connectivity index (χ3n) is 4.12. The van der Waals surface area contributed by atoms with Gasteiger partial charge in [-0.05, 0) is 54.8 Å². The molecule has 0 spiro atoms. The van der Waals surface area contributed by atoms with Gasteiger partial charge in [0, 0.05) is 4.88 Å². The van der Waals surface area contributed by atoms with Crippen molar-refractivity contribution in [1.82, 2.24) is 5.32 Å². The van der Waals surface area contributed by atoms with Crippen LogP contribution in [0, 0.1) is 12.8 Å². The van der Waals surface area contributed by atoms with Crippen LogP contribution in [-0.2, 0) is 10.4 Å². The Morgan fingerprint density at radius 3 is 2.87 bits per heavy atom. The van der Waals surface area contributed by atoms with Crippen LogP contribution < -0.4 is 10.1 Å². The summed E-state index contributed by atoms with van der Waals surface area (Å²) < 4.78 is 5.49. The lowest BCUT2D eigenvalue weighted by Crippen LogP contribution is -2.43. The molecule has 23 heavy (non-hydrogen) atoms. The van der Waals surface area contributed by atoms with Gasteiger partial charge < -0.3 is 15.2 Å². The standard InChI is InChI=1S/C18H21NO3S/c1-13-4-2-5-15(10-13)22-11-17(20)19-12-18(21,14-7-8-14)16-6-3-9-23-16/h2-6,9-10,14,21H,7-8,11-12H2,1H3,(H,19,20). The number of hydrogen-bond donors (Lipinski definition) is 2. The smallest absolute Gasteiger partial charge is 0.258 e. The quantitative estimate of drug-likeness (QED) is 0.820. The normalized spacial score (nSPS) is 16.6. The molecule has 122 valence electrons. The van der Waals surface area contributed by atoms with Gasteiger partial charge in [0.05, 0.1) is 6.54 Å². The van der Waals surface area contributed by atoms with Crippen LogP contribution in [0.3, 0.4) is 0 Å². The SMILES string of the molecule is Cc1cccc(OCC(=O)NCC(O)(c2cccs2)C2CC2)c1. The molecule has 1 aromatic heterocycles. The first-order chi connectivity index (χ1) is 11.1. The zero-order valence-corrected chi connectivity index (χ0v) is 13.9. The number of hydrogen-bond acceptors (Lipinski definition) is 4. The summed E-state index contributed by atoms with van der Waals surface area (Å²) in [6, 6.07) is 11.4. The highest BCUT2D eigenvalue weighted by atomic mass is 32.1. The van der Waals surface area contributed by atoms with Crippen molar-refractivity contribution < 1.29 is 14.6 Å². The first-order valence-electron chi connectivity index (χ1n) is 7.80. The minimum absolute atomic E-state index is 0.0470. The van der Waals surface area contributed by atoms with Crippen LogP contribution in [-0.4, -0.2) is 24.2 Å². The molecule has 1 atom stereocenters. The summed E-state index contributed by atoms with van der Waals surface area (Å²) in [5.41, 5.74) is 0.136. The Bertz CT molecular complexity index is 667. The number of carbonyl (C=O) groups is 1. The maximum absolute atomic E-state index is 12.0. The number of rotatable bonds is 7. The summed E-state index contributed by atoms with van der Waals surface area (Å²) in [6.07, 6.45) is 2.01. The van der Waals surface area contributed by atoms with E-state index in [-0.39, 0.29) is 25.0 Å². The van der Waals surface area contributed by atoms with Crippen LogP contribution in [0.4, 0.5) is 0 Å². The molecule has 1 amide bonds. The van der Waals surface area contributed by atoms with E-state index in [9.17, 15) is 9.90 Å². The molecule has 2 N–H and O–H groups in total. The number of aryl methyl sites for hydroxylation is 1. The van der Waals surface area contributed by atoms with Crippen LogP contribution in [0.15, 0.2) is 41.8 Å². The minimum atomic E-state index is -0.951. The van der Waals surface area contributed by atoms with E-state index >= 15 is 0 Å². The van der Waals surface area contributed by atoms with Crippen LogP contribution in [0.5, 0.6) is 5.75 Å².